The molecule has 1 aromatic carbocycles. The van der Waals surface area contributed by atoms with Crippen LogP contribution in [-0.4, -0.2) is 10.1 Å². The van der Waals surface area contributed by atoms with Crippen molar-refractivity contribution in [2.45, 2.75) is 45.1 Å². The second kappa shape index (κ2) is 5.54. The maximum absolute atomic E-state index is 6.52. The summed E-state index contributed by atoms with van der Waals surface area (Å²) in [5.41, 5.74) is 8.16. The molecule has 1 fully saturated rings. The van der Waals surface area contributed by atoms with E-state index < -0.39 is 5.54 Å². The summed E-state index contributed by atoms with van der Waals surface area (Å²) in [7, 11) is 0. The molecule has 112 valence electrons. The van der Waals surface area contributed by atoms with Gasteiger partial charge in [-0.2, -0.15) is 4.98 Å². The first kappa shape index (κ1) is 14.7. The molecular weight excluding hydrogens is 330 g/mol. The molecule has 1 heterocycles. The summed E-state index contributed by atoms with van der Waals surface area (Å²) in [4.78, 5) is 4.56. The first-order valence-corrected chi connectivity index (χ1v) is 8.17. The molecule has 0 bridgehead atoms. The third-order valence-electron chi connectivity index (χ3n) is 4.31. The molecule has 2 N–H and O–H groups in total. The average molecular weight is 350 g/mol. The number of aryl methyl sites for hydroxylation is 1. The molecule has 5 heteroatoms. The number of aromatic nitrogens is 2. The molecule has 3 rings (SSSR count). The largest absolute Gasteiger partial charge is 0.334 e. The molecule has 0 aliphatic heterocycles. The zero-order valence-electron chi connectivity index (χ0n) is 12.4. The van der Waals surface area contributed by atoms with Gasteiger partial charge in [-0.3, -0.25) is 0 Å². The summed E-state index contributed by atoms with van der Waals surface area (Å²) < 4.78 is 6.51. The highest BCUT2D eigenvalue weighted by Crippen LogP contribution is 2.37. The van der Waals surface area contributed by atoms with Gasteiger partial charge in [0.1, 0.15) is 0 Å². The number of nitrogens with zero attached hydrogens (tertiary/aromatic N) is 2. The Balaban J connectivity index is 1.90. The zero-order chi connectivity index (χ0) is 15.0. The fourth-order valence-electron chi connectivity index (χ4n) is 3.12. The van der Waals surface area contributed by atoms with Gasteiger partial charge in [0.05, 0.1) is 5.54 Å². The van der Waals surface area contributed by atoms with Crippen LogP contribution in [-0.2, 0) is 5.54 Å². The number of hydrogen-bond acceptors (Lipinski definition) is 4. The number of rotatable bonds is 2. The van der Waals surface area contributed by atoms with E-state index in [-0.39, 0.29) is 0 Å². The van der Waals surface area contributed by atoms with E-state index in [9.17, 15) is 0 Å². The Morgan fingerprint density at radius 2 is 2.24 bits per heavy atom. The summed E-state index contributed by atoms with van der Waals surface area (Å²) in [5.74, 6) is 1.80. The second-order valence-electron chi connectivity index (χ2n) is 6.24. The van der Waals surface area contributed by atoms with Crippen molar-refractivity contribution >= 4 is 15.9 Å². The van der Waals surface area contributed by atoms with Crippen molar-refractivity contribution in [3.63, 3.8) is 0 Å². The highest BCUT2D eigenvalue weighted by atomic mass is 79.9. The van der Waals surface area contributed by atoms with E-state index >= 15 is 0 Å². The Hall–Kier alpha value is -1.20. The monoisotopic (exact) mass is 349 g/mol. The molecule has 2 aromatic rings. The van der Waals surface area contributed by atoms with Crippen LogP contribution in [0.5, 0.6) is 0 Å². The van der Waals surface area contributed by atoms with Crippen LogP contribution < -0.4 is 5.73 Å². The van der Waals surface area contributed by atoms with E-state index in [1.54, 1.807) is 0 Å². The lowest BCUT2D eigenvalue weighted by molar-refractivity contribution is 0.222. The van der Waals surface area contributed by atoms with Gasteiger partial charge in [0, 0.05) is 10.0 Å². The van der Waals surface area contributed by atoms with Crippen LogP contribution in [0.15, 0.2) is 27.2 Å². The van der Waals surface area contributed by atoms with E-state index in [2.05, 4.69) is 33.0 Å². The van der Waals surface area contributed by atoms with Gasteiger partial charge in [-0.05, 0) is 49.4 Å². The Kier molecular flexibility index (Phi) is 3.88. The highest BCUT2D eigenvalue weighted by Gasteiger charge is 2.37. The summed E-state index contributed by atoms with van der Waals surface area (Å²) in [6.45, 7) is 4.28. The van der Waals surface area contributed by atoms with Gasteiger partial charge in [0.15, 0.2) is 5.82 Å². The van der Waals surface area contributed by atoms with Crippen molar-refractivity contribution in [2.24, 2.45) is 11.7 Å². The van der Waals surface area contributed by atoms with Crippen LogP contribution in [0.3, 0.4) is 0 Å². The minimum absolute atomic E-state index is 0.441. The number of nitrogens with two attached hydrogens (primary N) is 1. The van der Waals surface area contributed by atoms with Crippen LogP contribution in [0.25, 0.3) is 11.5 Å². The molecule has 4 nitrogen and oxygen atoms in total. The lowest BCUT2D eigenvalue weighted by Crippen LogP contribution is -2.42. The van der Waals surface area contributed by atoms with Gasteiger partial charge < -0.3 is 10.3 Å². The minimum Gasteiger partial charge on any atom is -0.334 e. The normalized spacial score (nSPS) is 26.0. The molecule has 21 heavy (non-hydrogen) atoms. The second-order valence-corrected chi connectivity index (χ2v) is 7.10. The summed E-state index contributed by atoms with van der Waals surface area (Å²) in [6.07, 6.45) is 4.20. The van der Waals surface area contributed by atoms with Crippen molar-refractivity contribution in [3.05, 3.63) is 34.1 Å². The van der Waals surface area contributed by atoms with E-state index in [1.165, 1.54) is 6.42 Å². The highest BCUT2D eigenvalue weighted by molar-refractivity contribution is 9.10. The van der Waals surface area contributed by atoms with Crippen LogP contribution in [0.1, 0.15) is 44.0 Å². The molecule has 1 saturated carbocycles. The van der Waals surface area contributed by atoms with E-state index in [0.29, 0.717) is 17.6 Å². The Morgan fingerprint density at radius 3 is 2.95 bits per heavy atom. The Bertz CT molecular complexity index is 655. The summed E-state index contributed by atoms with van der Waals surface area (Å²) in [5, 5.41) is 4.15. The molecule has 0 spiro atoms. The molecule has 0 amide bonds. The molecule has 2 atom stereocenters. The van der Waals surface area contributed by atoms with E-state index in [1.807, 2.05) is 25.1 Å². The van der Waals surface area contributed by atoms with Crippen molar-refractivity contribution in [1.29, 1.82) is 0 Å². The SMILES string of the molecule is Cc1cc(-c2nc(C3(N)CCCC(C)C3)no2)ccc1Br. The Labute approximate surface area is 133 Å². The van der Waals surface area contributed by atoms with Gasteiger partial charge in [0.25, 0.3) is 5.89 Å². The van der Waals surface area contributed by atoms with Crippen molar-refractivity contribution < 1.29 is 4.52 Å². The third kappa shape index (κ3) is 2.90. The quantitative estimate of drug-likeness (QED) is 0.883. The molecule has 1 aromatic heterocycles. The topological polar surface area (TPSA) is 64.9 Å². The third-order valence-corrected chi connectivity index (χ3v) is 5.20. The first-order chi connectivity index (χ1) is 9.98. The number of benzene rings is 1. The van der Waals surface area contributed by atoms with Crippen LogP contribution in [0.4, 0.5) is 0 Å². The average Bonchev–Trinajstić information content (AvgIpc) is 2.92. The predicted molar refractivity (Wildman–Crippen MR) is 85.7 cm³/mol. The van der Waals surface area contributed by atoms with Gasteiger partial charge in [-0.25, -0.2) is 0 Å². The lowest BCUT2D eigenvalue weighted by atomic mass is 9.76. The summed E-state index contributed by atoms with van der Waals surface area (Å²) in [6, 6.07) is 6.00. The van der Waals surface area contributed by atoms with Gasteiger partial charge in [0.2, 0.25) is 0 Å². The van der Waals surface area contributed by atoms with Crippen molar-refractivity contribution in [3.8, 4) is 11.5 Å². The maximum atomic E-state index is 6.52. The van der Waals surface area contributed by atoms with Gasteiger partial charge in [-0.15, -0.1) is 0 Å². The molecule has 0 saturated heterocycles. The fourth-order valence-corrected chi connectivity index (χ4v) is 3.36. The minimum atomic E-state index is -0.441. The van der Waals surface area contributed by atoms with Crippen LogP contribution >= 0.6 is 15.9 Å². The van der Waals surface area contributed by atoms with E-state index in [0.717, 1.165) is 34.9 Å². The van der Waals surface area contributed by atoms with Crippen LogP contribution in [0, 0.1) is 12.8 Å². The summed E-state index contributed by atoms with van der Waals surface area (Å²) >= 11 is 3.50. The maximum Gasteiger partial charge on any atom is 0.258 e. The van der Waals surface area contributed by atoms with Crippen molar-refractivity contribution in [1.82, 2.24) is 10.1 Å². The smallest absolute Gasteiger partial charge is 0.258 e. The Morgan fingerprint density at radius 1 is 1.43 bits per heavy atom. The van der Waals surface area contributed by atoms with Crippen molar-refractivity contribution in [2.75, 3.05) is 0 Å². The number of halogens is 1. The number of hydrogen-bond donors (Lipinski definition) is 1. The fraction of sp³-hybridized carbons (Fsp3) is 0.500. The van der Waals surface area contributed by atoms with Crippen LogP contribution in [0.2, 0.25) is 0 Å². The lowest BCUT2D eigenvalue weighted by Gasteiger charge is -2.33. The standard InChI is InChI=1S/C16H20BrN3O/c1-10-4-3-7-16(18,9-10)15-19-14(21-20-15)12-5-6-13(17)11(2)8-12/h5-6,8,10H,3-4,7,9,18H2,1-2H3. The molecule has 1 aliphatic carbocycles. The molecule has 0 radical (unpaired) electrons. The van der Waals surface area contributed by atoms with Gasteiger partial charge in [-0.1, -0.05) is 40.9 Å². The van der Waals surface area contributed by atoms with E-state index in [4.69, 9.17) is 10.3 Å². The molecular formula is C16H20BrN3O. The zero-order valence-corrected chi connectivity index (χ0v) is 14.0. The predicted octanol–water partition coefficient (Wildman–Crippen LogP) is 4.17. The first-order valence-electron chi connectivity index (χ1n) is 7.37. The van der Waals surface area contributed by atoms with Gasteiger partial charge >= 0.3 is 0 Å². The molecule has 1 aliphatic rings. The molecule has 2 unspecified atom stereocenters.